The minimum absolute atomic E-state index is 0. The van der Waals surface area contributed by atoms with Gasteiger partial charge in [-0.05, 0) is 0 Å². The van der Waals surface area contributed by atoms with Gasteiger partial charge in [-0.3, -0.25) is 0 Å². The molecule has 0 radical (unpaired) electrons. The molecule has 0 aromatic rings. The molecule has 5 nitrogen and oxygen atoms in total. The summed E-state index contributed by atoms with van der Waals surface area (Å²) >= 11 is 0. The van der Waals surface area contributed by atoms with Crippen LogP contribution in [0.25, 0.3) is 0 Å². The van der Waals surface area contributed by atoms with Crippen molar-refractivity contribution in [1.82, 2.24) is 0 Å². The van der Waals surface area contributed by atoms with Crippen molar-refractivity contribution in [2.75, 3.05) is 0 Å². The second kappa shape index (κ2) is 190. The van der Waals surface area contributed by atoms with Gasteiger partial charge in [-0.1, -0.05) is 0 Å². The Labute approximate surface area is 58.7 Å². The van der Waals surface area contributed by atoms with Gasteiger partial charge < -0.3 is 27.4 Å². The van der Waals surface area contributed by atoms with Gasteiger partial charge in [0.25, 0.3) is 0 Å². The van der Waals surface area contributed by atoms with Crippen LogP contribution in [0.4, 0.5) is 0 Å². The molecule has 0 saturated carbocycles. The third kappa shape index (κ3) is 99.2. The van der Waals surface area contributed by atoms with E-state index in [1.54, 1.807) is 0 Å². The summed E-state index contributed by atoms with van der Waals surface area (Å²) in [6, 6.07) is 0. The second-order valence-corrected chi connectivity index (χ2v) is 0. The van der Waals surface area contributed by atoms with E-state index < -0.39 is 0 Å². The molecule has 0 spiro atoms. The maximum absolute atomic E-state index is 0. The normalized spacial score (nSPS) is 0. The molecule has 0 atom stereocenters. The average molecular weight is 322 g/mol. The molecule has 44 valence electrons. The number of rotatable bonds is 0. The summed E-state index contributed by atoms with van der Waals surface area (Å²) in [5.74, 6) is 0. The van der Waals surface area contributed by atoms with Gasteiger partial charge in [-0.25, -0.2) is 0 Å². The predicted octanol–water partition coefficient (Wildman–Crippen LogP) is -2.01. The summed E-state index contributed by atoms with van der Waals surface area (Å²) in [7, 11) is 0. The molecule has 0 aliphatic rings. The number of hydrogen-bond acceptors (Lipinski definition) is 0. The van der Waals surface area contributed by atoms with Gasteiger partial charge in [0.2, 0.25) is 0 Å². The van der Waals surface area contributed by atoms with Crippen LogP contribution in [0.15, 0.2) is 0 Å². The molecule has 0 aliphatic heterocycles. The van der Waals surface area contributed by atoms with Crippen LogP contribution in [0, 0.1) is 31.1 Å². The summed E-state index contributed by atoms with van der Waals surface area (Å²) < 4.78 is 0. The monoisotopic (exact) mass is 322 g/mol. The van der Waals surface area contributed by atoms with Crippen molar-refractivity contribution < 1.29 is 58.5 Å². The van der Waals surface area contributed by atoms with E-state index in [9.17, 15) is 0 Å². The second-order valence-electron chi connectivity index (χ2n) is 0. The molecule has 0 aliphatic carbocycles. The maximum atomic E-state index is 0. The third-order valence-electron chi connectivity index (χ3n) is 0. The molecular weight excluding hydrogens is 318 g/mol. The molecule has 0 amide bonds. The van der Waals surface area contributed by atoms with Gasteiger partial charge in [0, 0.05) is 31.1 Å². The Hall–Kier alpha value is 0.852. The van der Waals surface area contributed by atoms with Gasteiger partial charge in [0.15, 0.2) is 0 Å². The summed E-state index contributed by atoms with van der Waals surface area (Å²) in [5.41, 5.74) is 0. The minimum Gasteiger partial charge on any atom is -2.00 e. The van der Waals surface area contributed by atoms with Crippen molar-refractivity contribution >= 4 is 0 Å². The Morgan fingerprint density at radius 1 is 0.500 bits per heavy atom. The molecule has 0 rings (SSSR count). The first-order valence-electron chi connectivity index (χ1n) is 0. The van der Waals surface area contributed by atoms with Crippen LogP contribution in [0.5, 0.6) is 0 Å². The van der Waals surface area contributed by atoms with Crippen molar-refractivity contribution in [2.45, 2.75) is 0 Å². The zero-order valence-corrected chi connectivity index (χ0v) is 6.89. The first-order chi connectivity index (χ1) is 0. The Balaban J connectivity index is 0. The zero-order valence-electron chi connectivity index (χ0n) is 2.72. The Bertz CT molecular complexity index is 3.90. The van der Waals surface area contributed by atoms with E-state index in [0.717, 1.165) is 0 Å². The molecule has 6 heteroatoms. The largest absolute Gasteiger partial charge is 2.00 e. The molecule has 4 N–H and O–H groups in total. The van der Waals surface area contributed by atoms with E-state index in [1.807, 2.05) is 0 Å². The van der Waals surface area contributed by atoms with Crippen molar-refractivity contribution in [2.24, 2.45) is 0 Å². The van der Waals surface area contributed by atoms with Crippen molar-refractivity contribution in [3.8, 4) is 0 Å². The predicted molar refractivity (Wildman–Crippen MR) is 9.29 cm³/mol. The summed E-state index contributed by atoms with van der Waals surface area (Å²) in [4.78, 5) is 0. The topological polar surface area (TPSA) is 148 Å². The van der Waals surface area contributed by atoms with Crippen LogP contribution in [0.3, 0.4) is 0 Å². The van der Waals surface area contributed by atoms with Gasteiger partial charge in [-0.2, -0.15) is 0 Å². The summed E-state index contributed by atoms with van der Waals surface area (Å²) in [5, 5.41) is 0. The van der Waals surface area contributed by atoms with E-state index in [2.05, 4.69) is 0 Å². The quantitative estimate of drug-likeness (QED) is 0.485. The molecule has 0 bridgehead atoms. The van der Waals surface area contributed by atoms with Gasteiger partial charge in [0.05, 0.1) is 0 Å². The summed E-state index contributed by atoms with van der Waals surface area (Å²) in [6.07, 6.45) is 0. The standard InChI is InChI=1S/2H2O.3O.U/h2*1H2;;;;/q;;3*-2;. The van der Waals surface area contributed by atoms with E-state index >= 15 is 0 Å². The van der Waals surface area contributed by atoms with Crippen molar-refractivity contribution in [3.05, 3.63) is 0 Å². The fraction of sp³-hybridized carbons (Fsp3) is 0. The van der Waals surface area contributed by atoms with Gasteiger partial charge in [-0.15, -0.1) is 0 Å². The molecule has 0 aromatic carbocycles. The first kappa shape index (κ1) is 323. The van der Waals surface area contributed by atoms with Gasteiger partial charge >= 0.3 is 0 Å². The third-order valence-corrected chi connectivity index (χ3v) is 0. The number of hydrogen-bond donors (Lipinski definition) is 0. The zero-order chi connectivity index (χ0) is 0. The van der Waals surface area contributed by atoms with Crippen LogP contribution in [0.2, 0.25) is 0 Å². The van der Waals surface area contributed by atoms with Crippen LogP contribution in [-0.2, 0) is 16.4 Å². The van der Waals surface area contributed by atoms with E-state index in [-0.39, 0.29) is 58.5 Å². The first-order valence-corrected chi connectivity index (χ1v) is 0. The van der Waals surface area contributed by atoms with Gasteiger partial charge in [0.1, 0.15) is 0 Å². The molecular formula is H4O5U-6. The fourth-order valence-corrected chi connectivity index (χ4v) is 0. The Morgan fingerprint density at radius 3 is 0.500 bits per heavy atom. The van der Waals surface area contributed by atoms with E-state index in [4.69, 9.17) is 0 Å². The maximum Gasteiger partial charge on any atom is 0 e. The summed E-state index contributed by atoms with van der Waals surface area (Å²) in [6.45, 7) is 0. The Kier molecular flexibility index (Phi) is 10200. The van der Waals surface area contributed by atoms with Crippen molar-refractivity contribution in [3.63, 3.8) is 0 Å². The van der Waals surface area contributed by atoms with Crippen LogP contribution >= 0.6 is 0 Å². The average Bonchev–Trinajstić information content (AvgIpc) is 0. The molecule has 6 heavy (non-hydrogen) atoms. The van der Waals surface area contributed by atoms with Crippen LogP contribution in [-0.4, -0.2) is 11.0 Å². The fourth-order valence-electron chi connectivity index (χ4n) is 0. The SMILES string of the molecule is O.O.[O-2].[O-2].[O-2].[U]. The van der Waals surface area contributed by atoms with Crippen LogP contribution < -0.4 is 0 Å². The molecule has 0 aromatic heterocycles. The Morgan fingerprint density at radius 2 is 0.500 bits per heavy atom. The van der Waals surface area contributed by atoms with E-state index in [0.29, 0.717) is 0 Å². The van der Waals surface area contributed by atoms with Crippen LogP contribution in [0.1, 0.15) is 0 Å². The van der Waals surface area contributed by atoms with Crippen molar-refractivity contribution in [1.29, 1.82) is 0 Å². The molecule has 0 fully saturated rings. The molecule has 0 saturated heterocycles. The van der Waals surface area contributed by atoms with E-state index in [1.165, 1.54) is 0 Å². The molecule has 0 heterocycles. The minimum atomic E-state index is 0. The smallest absolute Gasteiger partial charge is 0 e. The molecule has 0 unspecified atom stereocenters.